The fourth-order valence-electron chi connectivity index (χ4n) is 3.59. The molecule has 1 aromatic rings. The molecule has 1 aliphatic carbocycles. The minimum atomic E-state index is -0.644. The number of benzene rings is 1. The predicted molar refractivity (Wildman–Crippen MR) is 86.9 cm³/mol. The van der Waals surface area contributed by atoms with Gasteiger partial charge in [0.1, 0.15) is 5.75 Å². The van der Waals surface area contributed by atoms with Gasteiger partial charge < -0.3 is 20.6 Å². The highest BCUT2D eigenvalue weighted by Crippen LogP contribution is 2.30. The van der Waals surface area contributed by atoms with Crippen molar-refractivity contribution < 1.29 is 9.90 Å². The Bertz CT molecular complexity index is 532. The zero-order valence-electron chi connectivity index (χ0n) is 13.0. The summed E-state index contributed by atoms with van der Waals surface area (Å²) < 4.78 is 0. The maximum Gasteiger partial charge on any atom is 0.242 e. The second kappa shape index (κ2) is 6.16. The van der Waals surface area contributed by atoms with E-state index in [1.54, 1.807) is 6.07 Å². The third-order valence-corrected chi connectivity index (χ3v) is 4.96. The Kier molecular flexibility index (Phi) is 4.25. The van der Waals surface area contributed by atoms with Crippen LogP contribution in [0.3, 0.4) is 0 Å². The van der Waals surface area contributed by atoms with Crippen molar-refractivity contribution in [1.82, 2.24) is 4.90 Å². The van der Waals surface area contributed by atoms with Gasteiger partial charge in [0, 0.05) is 26.2 Å². The molecule has 1 amide bonds. The summed E-state index contributed by atoms with van der Waals surface area (Å²) in [6, 6.07) is 7.35. The maximum atomic E-state index is 12.7. The normalized spacial score (nSPS) is 21.7. The van der Waals surface area contributed by atoms with E-state index >= 15 is 0 Å². The fourth-order valence-corrected chi connectivity index (χ4v) is 3.59. The van der Waals surface area contributed by atoms with Gasteiger partial charge in [0.05, 0.1) is 11.2 Å². The van der Waals surface area contributed by atoms with E-state index in [4.69, 9.17) is 5.73 Å². The van der Waals surface area contributed by atoms with Gasteiger partial charge in [0.25, 0.3) is 0 Å². The number of piperazine rings is 1. The van der Waals surface area contributed by atoms with E-state index in [0.717, 1.165) is 44.5 Å². The monoisotopic (exact) mass is 303 g/mol. The van der Waals surface area contributed by atoms with E-state index in [-0.39, 0.29) is 5.91 Å². The second-order valence-electron chi connectivity index (χ2n) is 6.48. The van der Waals surface area contributed by atoms with E-state index in [1.807, 2.05) is 23.1 Å². The van der Waals surface area contributed by atoms with Crippen LogP contribution in [0.4, 0.5) is 5.69 Å². The zero-order chi connectivity index (χ0) is 15.6. The Morgan fingerprint density at radius 2 is 1.68 bits per heavy atom. The molecule has 5 nitrogen and oxygen atoms in total. The number of carbonyl (C=O) groups excluding carboxylic acids is 1. The third-order valence-electron chi connectivity index (χ3n) is 4.96. The Labute approximate surface area is 131 Å². The van der Waals surface area contributed by atoms with Crippen LogP contribution in [0.2, 0.25) is 0 Å². The second-order valence-corrected chi connectivity index (χ2v) is 6.48. The standard InChI is InChI=1S/C17H25N3O2/c18-17(8-4-1-5-9-17)16(22)20-12-10-19(11-13-20)14-6-2-3-7-15(14)21/h2-3,6-7,21H,1,4-5,8-13,18H2. The quantitative estimate of drug-likeness (QED) is 0.872. The molecule has 22 heavy (non-hydrogen) atoms. The molecular weight excluding hydrogens is 278 g/mol. The molecule has 1 saturated carbocycles. The van der Waals surface area contributed by atoms with E-state index in [1.165, 1.54) is 6.42 Å². The van der Waals surface area contributed by atoms with Crippen LogP contribution in [0.5, 0.6) is 5.75 Å². The lowest BCUT2D eigenvalue weighted by Crippen LogP contribution is -2.60. The van der Waals surface area contributed by atoms with Gasteiger partial charge in [-0.1, -0.05) is 31.4 Å². The van der Waals surface area contributed by atoms with Gasteiger partial charge in [-0.3, -0.25) is 4.79 Å². The molecule has 2 fully saturated rings. The van der Waals surface area contributed by atoms with Gasteiger partial charge in [-0.15, -0.1) is 0 Å². The molecule has 0 bridgehead atoms. The SMILES string of the molecule is NC1(C(=O)N2CCN(c3ccccc3O)CC2)CCCCC1. The largest absolute Gasteiger partial charge is 0.506 e. The number of anilines is 1. The molecule has 3 N–H and O–H groups in total. The van der Waals surface area contributed by atoms with E-state index in [9.17, 15) is 9.90 Å². The first-order valence-electron chi connectivity index (χ1n) is 8.21. The summed E-state index contributed by atoms with van der Waals surface area (Å²) in [5.74, 6) is 0.411. The minimum Gasteiger partial charge on any atom is -0.506 e. The van der Waals surface area contributed by atoms with Gasteiger partial charge >= 0.3 is 0 Å². The Balaban J connectivity index is 1.62. The first-order valence-corrected chi connectivity index (χ1v) is 8.21. The molecule has 2 aliphatic rings. The van der Waals surface area contributed by atoms with Crippen LogP contribution < -0.4 is 10.6 Å². The molecule has 5 heteroatoms. The number of carbonyl (C=O) groups is 1. The molecule has 1 saturated heterocycles. The summed E-state index contributed by atoms with van der Waals surface area (Å²) in [4.78, 5) is 16.8. The van der Waals surface area contributed by atoms with Crippen LogP contribution in [0, 0.1) is 0 Å². The number of rotatable bonds is 2. The van der Waals surface area contributed by atoms with Gasteiger partial charge in [-0.25, -0.2) is 0 Å². The minimum absolute atomic E-state index is 0.115. The molecular formula is C17H25N3O2. The van der Waals surface area contributed by atoms with Crippen molar-refractivity contribution in [2.24, 2.45) is 5.73 Å². The number of nitrogens with two attached hydrogens (primary N) is 1. The molecule has 3 rings (SSSR count). The highest BCUT2D eigenvalue weighted by Gasteiger charge is 2.39. The highest BCUT2D eigenvalue weighted by molar-refractivity contribution is 5.86. The molecule has 120 valence electrons. The van der Waals surface area contributed by atoms with Gasteiger partial charge in [0.2, 0.25) is 5.91 Å². The number of aromatic hydroxyl groups is 1. The van der Waals surface area contributed by atoms with E-state index in [2.05, 4.69) is 4.90 Å². The summed E-state index contributed by atoms with van der Waals surface area (Å²) in [5.41, 5.74) is 6.56. The lowest BCUT2D eigenvalue weighted by atomic mass is 9.81. The number of para-hydroxylation sites is 2. The number of phenolic OH excluding ortho intramolecular Hbond substituents is 1. The van der Waals surface area contributed by atoms with Crippen molar-refractivity contribution >= 4 is 11.6 Å². The first-order chi connectivity index (χ1) is 10.6. The Hall–Kier alpha value is -1.75. The van der Waals surface area contributed by atoms with E-state index < -0.39 is 5.54 Å². The first kappa shape index (κ1) is 15.2. The van der Waals surface area contributed by atoms with Crippen LogP contribution in [0.15, 0.2) is 24.3 Å². The number of nitrogens with zero attached hydrogens (tertiary/aromatic N) is 2. The topological polar surface area (TPSA) is 69.8 Å². The van der Waals surface area contributed by atoms with Crippen LogP contribution >= 0.6 is 0 Å². The number of hydrogen-bond donors (Lipinski definition) is 2. The summed E-state index contributed by atoms with van der Waals surface area (Å²) in [6.45, 7) is 2.82. The summed E-state index contributed by atoms with van der Waals surface area (Å²) in [6.07, 6.45) is 4.92. The molecule has 1 aliphatic heterocycles. The van der Waals surface area contributed by atoms with Crippen LogP contribution in [0.25, 0.3) is 0 Å². The Morgan fingerprint density at radius 1 is 1.05 bits per heavy atom. The molecule has 1 aromatic carbocycles. The van der Waals surface area contributed by atoms with Gasteiger partial charge in [0.15, 0.2) is 0 Å². The number of hydrogen-bond acceptors (Lipinski definition) is 4. The smallest absolute Gasteiger partial charge is 0.242 e. The highest BCUT2D eigenvalue weighted by atomic mass is 16.3. The van der Waals surface area contributed by atoms with Gasteiger partial charge in [-0.05, 0) is 25.0 Å². The molecule has 0 aromatic heterocycles. The number of amides is 1. The lowest BCUT2D eigenvalue weighted by molar-refractivity contribution is -0.138. The fraction of sp³-hybridized carbons (Fsp3) is 0.588. The average molecular weight is 303 g/mol. The van der Waals surface area contributed by atoms with Crippen molar-refractivity contribution in [1.29, 1.82) is 0 Å². The molecule has 0 spiro atoms. The molecule has 0 unspecified atom stereocenters. The third kappa shape index (κ3) is 2.90. The Morgan fingerprint density at radius 3 is 2.32 bits per heavy atom. The predicted octanol–water partition coefficient (Wildman–Crippen LogP) is 1.70. The molecule has 0 radical (unpaired) electrons. The van der Waals surface area contributed by atoms with E-state index in [0.29, 0.717) is 18.8 Å². The molecule has 1 heterocycles. The molecule has 0 atom stereocenters. The van der Waals surface area contributed by atoms with Crippen molar-refractivity contribution in [3.8, 4) is 5.75 Å². The van der Waals surface area contributed by atoms with Crippen molar-refractivity contribution in [2.45, 2.75) is 37.6 Å². The summed E-state index contributed by atoms with van der Waals surface area (Å²) in [7, 11) is 0. The van der Waals surface area contributed by atoms with Crippen molar-refractivity contribution in [3.63, 3.8) is 0 Å². The summed E-state index contributed by atoms with van der Waals surface area (Å²) >= 11 is 0. The van der Waals surface area contributed by atoms with Crippen molar-refractivity contribution in [3.05, 3.63) is 24.3 Å². The van der Waals surface area contributed by atoms with Crippen LogP contribution in [-0.4, -0.2) is 47.6 Å². The average Bonchev–Trinajstić information content (AvgIpc) is 2.55. The van der Waals surface area contributed by atoms with Crippen LogP contribution in [-0.2, 0) is 4.79 Å². The van der Waals surface area contributed by atoms with Crippen LogP contribution in [0.1, 0.15) is 32.1 Å². The maximum absolute atomic E-state index is 12.7. The zero-order valence-corrected chi connectivity index (χ0v) is 13.0. The van der Waals surface area contributed by atoms with Gasteiger partial charge in [-0.2, -0.15) is 0 Å². The number of phenols is 1. The summed E-state index contributed by atoms with van der Waals surface area (Å²) in [5, 5.41) is 9.94. The lowest BCUT2D eigenvalue weighted by Gasteiger charge is -2.41. The van der Waals surface area contributed by atoms with Crippen molar-refractivity contribution in [2.75, 3.05) is 31.1 Å².